The van der Waals surface area contributed by atoms with E-state index in [1.165, 1.54) is 12.2 Å². The monoisotopic (exact) mass is 441 g/mol. The fourth-order valence-electron chi connectivity index (χ4n) is 1.90. The molecule has 0 aromatic rings. The first-order valence-corrected chi connectivity index (χ1v) is 9.15. The fourth-order valence-corrected chi connectivity index (χ4v) is 1.90. The lowest BCUT2D eigenvalue weighted by atomic mass is 10.2. The molecular weight excluding hydrogens is 418 g/mol. The quantitative estimate of drug-likeness (QED) is 0.242. The third-order valence-corrected chi connectivity index (χ3v) is 3.44. The minimum atomic E-state index is -1.19. The van der Waals surface area contributed by atoms with Crippen molar-refractivity contribution in [3.63, 3.8) is 0 Å². The maximum atomic E-state index is 11.7. The van der Waals surface area contributed by atoms with Crippen molar-refractivity contribution < 1.29 is 43.1 Å². The number of ketones is 1. The molecular formula is C17H23N5O9. The van der Waals surface area contributed by atoms with Gasteiger partial charge in [-0.2, -0.15) is 5.48 Å². The summed E-state index contributed by atoms with van der Waals surface area (Å²) in [6.07, 6.45) is 1.40. The average Bonchev–Trinajstić information content (AvgIpc) is 2.74. The minimum Gasteiger partial charge on any atom is -0.432 e. The summed E-state index contributed by atoms with van der Waals surface area (Å²) in [4.78, 5) is 85.2. The number of cyclic esters (lactones) is 1. The van der Waals surface area contributed by atoms with Crippen LogP contribution in [0.15, 0.2) is 12.2 Å². The topological polar surface area (TPSA) is 198 Å². The van der Waals surface area contributed by atoms with Crippen LogP contribution in [0.2, 0.25) is 0 Å². The number of carbonyl (C=O) groups is 7. The third-order valence-electron chi connectivity index (χ3n) is 3.44. The highest BCUT2D eigenvalue weighted by atomic mass is 16.8. The number of hydroxylamine groups is 1. The number of nitrogens with one attached hydrogen (secondary N) is 5. The van der Waals surface area contributed by atoms with Crippen LogP contribution in [0.5, 0.6) is 0 Å². The van der Waals surface area contributed by atoms with E-state index in [1.807, 2.05) is 0 Å². The highest BCUT2D eigenvalue weighted by Crippen LogP contribution is 1.95. The van der Waals surface area contributed by atoms with Gasteiger partial charge in [-0.1, -0.05) is 6.08 Å². The second-order valence-electron chi connectivity index (χ2n) is 5.99. The normalized spacial score (nSPS) is 20.5. The Morgan fingerprint density at radius 2 is 1.16 bits per heavy atom. The molecule has 5 N–H and O–H groups in total. The van der Waals surface area contributed by atoms with Gasteiger partial charge in [0, 0.05) is 19.3 Å². The van der Waals surface area contributed by atoms with E-state index < -0.39 is 55.3 Å². The van der Waals surface area contributed by atoms with Crippen molar-refractivity contribution in [3.8, 4) is 0 Å². The number of rotatable bonds is 0. The lowest BCUT2D eigenvalue weighted by Gasteiger charge is -2.09. The van der Waals surface area contributed by atoms with Gasteiger partial charge in [0.2, 0.25) is 23.6 Å². The standard InChI is InChI=1S/C17H23N5O9/c23-11-3-1-2-6-30-17(29)31-22-16(28)10-21-15(27)9-20-14(26)8-19-13(25)7-18-12(24)5-4-11/h1,3H,2,4-10H2,(H,18,24)(H,19,25)(H,20,26)(H,21,27)(H,22,28)/b3-1-. The average molecular weight is 441 g/mol. The Bertz CT molecular complexity index is 750. The molecule has 14 nitrogen and oxygen atoms in total. The first-order valence-electron chi connectivity index (χ1n) is 9.15. The second-order valence-corrected chi connectivity index (χ2v) is 5.99. The molecule has 1 rings (SSSR count). The van der Waals surface area contributed by atoms with Crippen LogP contribution < -0.4 is 26.7 Å². The molecule has 1 aliphatic heterocycles. The molecule has 0 aromatic carbocycles. The number of carbonyl (C=O) groups excluding carboxylic acids is 7. The number of hydrogen-bond donors (Lipinski definition) is 5. The van der Waals surface area contributed by atoms with Crippen LogP contribution in [0.1, 0.15) is 19.3 Å². The van der Waals surface area contributed by atoms with Gasteiger partial charge in [-0.25, -0.2) is 4.79 Å². The molecule has 0 radical (unpaired) electrons. The van der Waals surface area contributed by atoms with Crippen LogP contribution in [0.25, 0.3) is 0 Å². The molecule has 0 saturated heterocycles. The Labute approximate surface area is 176 Å². The van der Waals surface area contributed by atoms with Gasteiger partial charge < -0.3 is 30.8 Å². The van der Waals surface area contributed by atoms with Crippen LogP contribution in [0.4, 0.5) is 4.79 Å². The van der Waals surface area contributed by atoms with E-state index in [1.54, 1.807) is 5.48 Å². The van der Waals surface area contributed by atoms with Crippen molar-refractivity contribution in [2.75, 3.05) is 32.8 Å². The zero-order valence-corrected chi connectivity index (χ0v) is 16.5. The summed E-state index contributed by atoms with van der Waals surface area (Å²) in [6.45, 7) is -1.97. The Kier molecular flexibility index (Phi) is 11.4. The summed E-state index contributed by atoms with van der Waals surface area (Å²) in [5.41, 5.74) is 1.76. The van der Waals surface area contributed by atoms with Crippen LogP contribution >= 0.6 is 0 Å². The Morgan fingerprint density at radius 3 is 1.74 bits per heavy atom. The molecule has 5 amide bonds. The summed E-state index contributed by atoms with van der Waals surface area (Å²) in [6, 6.07) is 0. The van der Waals surface area contributed by atoms with Gasteiger partial charge in [0.1, 0.15) is 0 Å². The minimum absolute atomic E-state index is 0.0939. The molecule has 0 saturated carbocycles. The molecule has 0 fully saturated rings. The van der Waals surface area contributed by atoms with E-state index in [2.05, 4.69) is 30.8 Å². The van der Waals surface area contributed by atoms with Crippen LogP contribution in [0, 0.1) is 0 Å². The predicted molar refractivity (Wildman–Crippen MR) is 101 cm³/mol. The lowest BCUT2D eigenvalue weighted by Crippen LogP contribution is -2.45. The van der Waals surface area contributed by atoms with Crippen LogP contribution in [-0.2, 0) is 38.3 Å². The maximum absolute atomic E-state index is 11.7. The van der Waals surface area contributed by atoms with Gasteiger partial charge >= 0.3 is 6.16 Å². The van der Waals surface area contributed by atoms with E-state index in [4.69, 9.17) is 0 Å². The number of ether oxygens (including phenoxy) is 1. The van der Waals surface area contributed by atoms with Crippen molar-refractivity contribution in [2.45, 2.75) is 19.3 Å². The molecule has 0 spiro atoms. The summed E-state index contributed by atoms with van der Waals surface area (Å²) in [7, 11) is 0. The Morgan fingerprint density at radius 1 is 0.645 bits per heavy atom. The molecule has 1 heterocycles. The first-order chi connectivity index (χ1) is 14.8. The molecule has 0 bridgehead atoms. The van der Waals surface area contributed by atoms with Crippen molar-refractivity contribution >= 4 is 41.5 Å². The summed E-state index contributed by atoms with van der Waals surface area (Å²) >= 11 is 0. The van der Waals surface area contributed by atoms with Crippen LogP contribution in [0.3, 0.4) is 0 Å². The Balaban J connectivity index is 2.57. The van der Waals surface area contributed by atoms with E-state index in [9.17, 15) is 33.6 Å². The van der Waals surface area contributed by atoms with Gasteiger partial charge in [-0.05, 0) is 6.08 Å². The van der Waals surface area contributed by atoms with Gasteiger partial charge in [0.05, 0.1) is 32.8 Å². The highest BCUT2D eigenvalue weighted by Gasteiger charge is 2.12. The van der Waals surface area contributed by atoms with Gasteiger partial charge in [-0.15, -0.1) is 0 Å². The number of hydrogen-bond acceptors (Lipinski definition) is 9. The molecule has 0 atom stereocenters. The molecule has 1 aliphatic rings. The molecule has 0 unspecified atom stereocenters. The summed E-state index contributed by atoms with van der Waals surface area (Å²) in [5.74, 6) is -3.76. The Hall–Kier alpha value is -3.97. The van der Waals surface area contributed by atoms with Crippen molar-refractivity contribution in [1.82, 2.24) is 26.7 Å². The van der Waals surface area contributed by atoms with E-state index in [0.717, 1.165) is 0 Å². The van der Waals surface area contributed by atoms with E-state index in [-0.39, 0.29) is 38.2 Å². The van der Waals surface area contributed by atoms with Gasteiger partial charge in [-0.3, -0.25) is 28.8 Å². The molecule has 0 aliphatic carbocycles. The first kappa shape index (κ1) is 25.1. The fraction of sp³-hybridized carbons (Fsp3) is 0.471. The number of amides is 5. The molecule has 170 valence electrons. The third kappa shape index (κ3) is 13.0. The maximum Gasteiger partial charge on any atom is 0.533 e. The van der Waals surface area contributed by atoms with Crippen molar-refractivity contribution in [1.29, 1.82) is 0 Å². The largest absolute Gasteiger partial charge is 0.533 e. The second kappa shape index (κ2) is 14.1. The van der Waals surface area contributed by atoms with Crippen molar-refractivity contribution in [3.05, 3.63) is 12.2 Å². The van der Waals surface area contributed by atoms with Crippen molar-refractivity contribution in [2.24, 2.45) is 0 Å². The van der Waals surface area contributed by atoms with Crippen LogP contribution in [-0.4, -0.2) is 74.3 Å². The smallest absolute Gasteiger partial charge is 0.432 e. The lowest BCUT2D eigenvalue weighted by molar-refractivity contribution is -0.133. The molecule has 31 heavy (non-hydrogen) atoms. The summed E-state index contributed by atoms with van der Waals surface area (Å²) < 4.78 is 4.65. The summed E-state index contributed by atoms with van der Waals surface area (Å²) in [5, 5.41) is 8.91. The van der Waals surface area contributed by atoms with E-state index >= 15 is 0 Å². The van der Waals surface area contributed by atoms with E-state index in [0.29, 0.717) is 0 Å². The van der Waals surface area contributed by atoms with Gasteiger partial charge in [0.25, 0.3) is 5.91 Å². The molecule has 14 heteroatoms. The SMILES string of the molecule is O=C1/C=C\CCOC(=O)ONC(=O)CNC(=O)CNC(=O)CNC(=O)CNC(=O)CC1. The number of allylic oxidation sites excluding steroid dienone is 1. The zero-order valence-electron chi connectivity index (χ0n) is 16.5. The predicted octanol–water partition coefficient (Wildman–Crippen LogP) is -3.06. The molecule has 0 aromatic heterocycles. The van der Waals surface area contributed by atoms with Gasteiger partial charge in [0.15, 0.2) is 5.78 Å². The highest BCUT2D eigenvalue weighted by molar-refractivity contribution is 5.94. The zero-order chi connectivity index (χ0) is 23.1.